The van der Waals surface area contributed by atoms with Crippen molar-refractivity contribution >= 4 is 7.75 Å². The predicted molar refractivity (Wildman–Crippen MR) is 40.9 cm³/mol. The van der Waals surface area contributed by atoms with E-state index in [1.165, 1.54) is 0 Å². The molecule has 0 unspecified atom stereocenters. The molecule has 0 aliphatic heterocycles. The van der Waals surface area contributed by atoms with Crippen molar-refractivity contribution in [3.8, 4) is 0 Å². The summed E-state index contributed by atoms with van der Waals surface area (Å²) in [6, 6.07) is 8.85. The lowest BCUT2D eigenvalue weighted by atomic mass is 10.2. The first-order valence-electron chi connectivity index (χ1n) is 3.39. The Morgan fingerprint density at radius 1 is 1.25 bits per heavy atom. The van der Waals surface area contributed by atoms with E-state index in [0.717, 1.165) is 5.56 Å². The molecule has 66 valence electrons. The molecule has 12 heavy (non-hydrogen) atoms. The molecular formula is C7H8NO3P-2. The van der Waals surface area contributed by atoms with E-state index in [1.54, 1.807) is 24.3 Å². The van der Waals surface area contributed by atoms with E-state index in [2.05, 4.69) is 0 Å². The molecule has 0 heterocycles. The second-order valence-electron chi connectivity index (χ2n) is 2.32. The van der Waals surface area contributed by atoms with Gasteiger partial charge >= 0.3 is 0 Å². The molecule has 0 fully saturated rings. The lowest BCUT2D eigenvalue weighted by molar-refractivity contribution is -0.318. The summed E-state index contributed by atoms with van der Waals surface area (Å²) in [6.45, 7) is 0.0606. The minimum absolute atomic E-state index is 0.0606. The smallest absolute Gasteiger partial charge is 0.0248 e. The number of rotatable bonds is 3. The fourth-order valence-electron chi connectivity index (χ4n) is 0.784. The molecule has 4 nitrogen and oxygen atoms in total. The standard InChI is InChI=1S/C7H10NO3P/c9-12(10,11)8-6-7-4-2-1-3-5-7/h1-5H,6H2,(H3,8,9,10,11)/p-2. The summed E-state index contributed by atoms with van der Waals surface area (Å²) in [4.78, 5) is 20.3. The van der Waals surface area contributed by atoms with Gasteiger partial charge in [-0.2, -0.15) is 0 Å². The molecule has 1 rings (SSSR count). The molecule has 0 saturated carbocycles. The highest BCUT2D eigenvalue weighted by atomic mass is 31.2. The van der Waals surface area contributed by atoms with Crippen molar-refractivity contribution in [1.29, 1.82) is 0 Å². The Hall–Kier alpha value is -0.670. The van der Waals surface area contributed by atoms with Gasteiger partial charge in [0.15, 0.2) is 0 Å². The molecule has 1 aromatic carbocycles. The van der Waals surface area contributed by atoms with Crippen LogP contribution < -0.4 is 14.9 Å². The third-order valence-electron chi connectivity index (χ3n) is 1.32. The van der Waals surface area contributed by atoms with Gasteiger partial charge in [0.1, 0.15) is 0 Å². The molecule has 0 amide bonds. The highest BCUT2D eigenvalue weighted by Gasteiger charge is 1.91. The van der Waals surface area contributed by atoms with Gasteiger partial charge in [0.05, 0.1) is 0 Å². The molecule has 0 saturated heterocycles. The molecule has 0 radical (unpaired) electrons. The van der Waals surface area contributed by atoms with Crippen LogP contribution in [0.3, 0.4) is 0 Å². The van der Waals surface area contributed by atoms with Crippen molar-refractivity contribution in [2.24, 2.45) is 0 Å². The van der Waals surface area contributed by atoms with Crippen LogP contribution in [0.25, 0.3) is 0 Å². The van der Waals surface area contributed by atoms with Crippen molar-refractivity contribution in [2.75, 3.05) is 0 Å². The molecule has 0 aliphatic carbocycles. The van der Waals surface area contributed by atoms with Crippen LogP contribution in [-0.2, 0) is 11.1 Å². The molecule has 1 N–H and O–H groups in total. The van der Waals surface area contributed by atoms with Gasteiger partial charge in [-0.1, -0.05) is 30.3 Å². The van der Waals surface area contributed by atoms with E-state index in [-0.39, 0.29) is 6.54 Å². The summed E-state index contributed by atoms with van der Waals surface area (Å²) in [6.07, 6.45) is 0. The molecule has 0 bridgehead atoms. The van der Waals surface area contributed by atoms with Crippen LogP contribution >= 0.6 is 7.75 Å². The van der Waals surface area contributed by atoms with Gasteiger partial charge < -0.3 is 14.4 Å². The predicted octanol–water partition coefficient (Wildman–Crippen LogP) is -0.395. The summed E-state index contributed by atoms with van der Waals surface area (Å²) in [5, 5.41) is 1.88. The fourth-order valence-corrected chi connectivity index (χ4v) is 1.16. The zero-order valence-corrected chi connectivity index (χ0v) is 7.16. The number of benzene rings is 1. The van der Waals surface area contributed by atoms with Crippen molar-refractivity contribution in [1.82, 2.24) is 5.09 Å². The van der Waals surface area contributed by atoms with Gasteiger partial charge in [0, 0.05) is 6.54 Å². The van der Waals surface area contributed by atoms with Crippen molar-refractivity contribution in [2.45, 2.75) is 6.54 Å². The second kappa shape index (κ2) is 3.83. The third-order valence-corrected chi connectivity index (χ3v) is 1.87. The maximum Gasteiger partial charge on any atom is 0.0248 e. The minimum Gasteiger partial charge on any atom is -0.799 e. The lowest BCUT2D eigenvalue weighted by Gasteiger charge is -2.30. The first kappa shape index (κ1) is 9.42. The van der Waals surface area contributed by atoms with E-state index in [9.17, 15) is 14.4 Å². The van der Waals surface area contributed by atoms with Crippen LogP contribution in [0.4, 0.5) is 0 Å². The van der Waals surface area contributed by atoms with Gasteiger partial charge in [-0.15, -0.1) is 0 Å². The van der Waals surface area contributed by atoms with E-state index in [4.69, 9.17) is 0 Å². The van der Waals surface area contributed by atoms with Gasteiger partial charge in [0.2, 0.25) is 0 Å². The van der Waals surface area contributed by atoms with E-state index < -0.39 is 7.75 Å². The number of nitrogens with one attached hydrogen (secondary N) is 1. The first-order valence-corrected chi connectivity index (χ1v) is 4.93. The van der Waals surface area contributed by atoms with Crippen molar-refractivity contribution in [3.05, 3.63) is 35.9 Å². The first-order chi connectivity index (χ1) is 5.58. The Bertz CT molecular complexity index is 282. The van der Waals surface area contributed by atoms with E-state index >= 15 is 0 Å². The van der Waals surface area contributed by atoms with E-state index in [0.29, 0.717) is 0 Å². The Balaban J connectivity index is 2.50. The lowest BCUT2D eigenvalue weighted by Crippen LogP contribution is -2.27. The Kier molecular flexibility index (Phi) is 3.00. The fraction of sp³-hybridized carbons (Fsp3) is 0.143. The van der Waals surface area contributed by atoms with Crippen LogP contribution in [0.1, 0.15) is 5.56 Å². The largest absolute Gasteiger partial charge is 0.799 e. The van der Waals surface area contributed by atoms with Gasteiger partial charge in [-0.3, -0.25) is 5.09 Å². The molecule has 5 heteroatoms. The summed E-state index contributed by atoms with van der Waals surface area (Å²) in [5.41, 5.74) is 0.768. The summed E-state index contributed by atoms with van der Waals surface area (Å²) < 4.78 is 10.2. The van der Waals surface area contributed by atoms with Crippen LogP contribution in [0, 0.1) is 0 Å². The SMILES string of the molecule is O=P([O-])([O-])NCc1ccccc1. The maximum atomic E-state index is 10.2. The summed E-state index contributed by atoms with van der Waals surface area (Å²) >= 11 is 0. The highest BCUT2D eigenvalue weighted by molar-refractivity contribution is 7.46. The van der Waals surface area contributed by atoms with Crippen molar-refractivity contribution < 1.29 is 14.4 Å². The van der Waals surface area contributed by atoms with Crippen LogP contribution in [0.2, 0.25) is 0 Å². The number of hydrogen-bond donors (Lipinski definition) is 1. The van der Waals surface area contributed by atoms with Crippen molar-refractivity contribution in [3.63, 3.8) is 0 Å². The summed E-state index contributed by atoms with van der Waals surface area (Å²) in [7, 11) is -4.58. The monoisotopic (exact) mass is 185 g/mol. The van der Waals surface area contributed by atoms with Crippen LogP contribution in [0.5, 0.6) is 0 Å². The second-order valence-corrected chi connectivity index (χ2v) is 3.63. The average Bonchev–Trinajstić information content (AvgIpc) is 2.02. The molecule has 0 atom stereocenters. The van der Waals surface area contributed by atoms with Gasteiger partial charge in [-0.05, 0) is 13.3 Å². The Labute approximate surface area is 70.5 Å². The highest BCUT2D eigenvalue weighted by Crippen LogP contribution is 2.16. The normalized spacial score (nSPS) is 11.5. The minimum atomic E-state index is -4.58. The van der Waals surface area contributed by atoms with Gasteiger partial charge in [-0.25, -0.2) is 0 Å². The Morgan fingerprint density at radius 2 is 1.83 bits per heavy atom. The number of hydrogen-bond acceptors (Lipinski definition) is 3. The molecule has 0 spiro atoms. The molecule has 0 aromatic heterocycles. The van der Waals surface area contributed by atoms with Crippen LogP contribution in [-0.4, -0.2) is 0 Å². The van der Waals surface area contributed by atoms with Gasteiger partial charge in [0.25, 0.3) is 0 Å². The maximum absolute atomic E-state index is 10.2. The third kappa shape index (κ3) is 3.64. The van der Waals surface area contributed by atoms with Crippen LogP contribution in [0.15, 0.2) is 30.3 Å². The summed E-state index contributed by atoms with van der Waals surface area (Å²) in [5.74, 6) is 0. The Morgan fingerprint density at radius 3 is 2.33 bits per heavy atom. The molecular weight excluding hydrogens is 177 g/mol. The zero-order chi connectivity index (χ0) is 9.03. The quantitative estimate of drug-likeness (QED) is 0.650. The topological polar surface area (TPSA) is 75.2 Å². The average molecular weight is 185 g/mol. The molecule has 0 aliphatic rings. The zero-order valence-electron chi connectivity index (χ0n) is 6.27. The van der Waals surface area contributed by atoms with E-state index in [1.807, 2.05) is 11.2 Å². The molecule has 1 aromatic rings.